The Bertz CT molecular complexity index is 1330. The van der Waals surface area contributed by atoms with Crippen molar-refractivity contribution in [3.63, 3.8) is 0 Å². The molecule has 0 saturated carbocycles. The number of rotatable bonds is 6. The van der Waals surface area contributed by atoms with Crippen molar-refractivity contribution < 1.29 is 9.53 Å². The van der Waals surface area contributed by atoms with Gasteiger partial charge in [-0.05, 0) is 48.7 Å². The Morgan fingerprint density at radius 1 is 1.19 bits per heavy atom. The molecule has 0 saturated heterocycles. The van der Waals surface area contributed by atoms with Crippen LogP contribution in [0.25, 0.3) is 16.7 Å². The predicted molar refractivity (Wildman–Crippen MR) is 123 cm³/mol. The molecule has 160 valence electrons. The minimum absolute atomic E-state index is 0.248. The van der Waals surface area contributed by atoms with Gasteiger partial charge in [0, 0.05) is 10.9 Å². The number of nitrogens with one attached hydrogen (secondary N) is 1. The fourth-order valence-corrected chi connectivity index (χ4v) is 3.33. The van der Waals surface area contributed by atoms with E-state index in [0.717, 1.165) is 16.5 Å². The van der Waals surface area contributed by atoms with E-state index in [-0.39, 0.29) is 17.3 Å². The molecule has 2 aromatic carbocycles. The van der Waals surface area contributed by atoms with Crippen molar-refractivity contribution in [1.82, 2.24) is 14.8 Å². The van der Waals surface area contributed by atoms with Crippen molar-refractivity contribution in [1.29, 1.82) is 5.26 Å². The van der Waals surface area contributed by atoms with Crippen molar-refractivity contribution in [3.8, 4) is 17.6 Å². The molecule has 0 spiro atoms. The van der Waals surface area contributed by atoms with Crippen molar-refractivity contribution in [2.75, 3.05) is 11.9 Å². The molecule has 7 heteroatoms. The zero-order chi connectivity index (χ0) is 22.7. The van der Waals surface area contributed by atoms with Gasteiger partial charge < -0.3 is 10.1 Å². The van der Waals surface area contributed by atoms with Crippen LogP contribution < -0.4 is 10.1 Å². The Hall–Kier alpha value is -4.18. The normalized spacial score (nSPS) is 10.8. The van der Waals surface area contributed by atoms with Crippen LogP contribution in [0.3, 0.4) is 0 Å². The van der Waals surface area contributed by atoms with Gasteiger partial charge in [0.15, 0.2) is 11.6 Å². The van der Waals surface area contributed by atoms with Crippen LogP contribution in [-0.2, 0) is 0 Å². The van der Waals surface area contributed by atoms with E-state index in [1.165, 1.54) is 10.9 Å². The van der Waals surface area contributed by atoms with Gasteiger partial charge in [0.25, 0.3) is 5.91 Å². The number of fused-ring (bicyclic) bond motifs is 1. The van der Waals surface area contributed by atoms with E-state index in [9.17, 15) is 10.1 Å². The molecule has 0 aliphatic heterocycles. The Morgan fingerprint density at radius 3 is 2.78 bits per heavy atom. The molecule has 0 radical (unpaired) electrons. The van der Waals surface area contributed by atoms with Gasteiger partial charge in [-0.15, -0.1) is 0 Å². The Balaban J connectivity index is 1.67. The van der Waals surface area contributed by atoms with Crippen LogP contribution in [0.2, 0.25) is 0 Å². The van der Waals surface area contributed by atoms with Gasteiger partial charge >= 0.3 is 0 Å². The van der Waals surface area contributed by atoms with E-state index >= 15 is 0 Å². The highest BCUT2D eigenvalue weighted by molar-refractivity contribution is 6.04. The maximum atomic E-state index is 13.0. The molecule has 0 aliphatic carbocycles. The van der Waals surface area contributed by atoms with Gasteiger partial charge in [0.2, 0.25) is 0 Å². The molecule has 0 fully saturated rings. The first-order valence-electron chi connectivity index (χ1n) is 10.4. The van der Waals surface area contributed by atoms with Gasteiger partial charge in [0.1, 0.15) is 17.4 Å². The van der Waals surface area contributed by atoms with E-state index in [4.69, 9.17) is 4.74 Å². The number of aromatic nitrogens is 3. The third kappa shape index (κ3) is 4.30. The molecule has 1 amide bonds. The maximum absolute atomic E-state index is 13.0. The molecule has 2 heterocycles. The highest BCUT2D eigenvalue weighted by atomic mass is 16.5. The number of hydrogen-bond acceptors (Lipinski definition) is 5. The summed E-state index contributed by atoms with van der Waals surface area (Å²) in [7, 11) is 0. The topological polar surface area (TPSA) is 92.8 Å². The minimum Gasteiger partial charge on any atom is -0.493 e. The summed E-state index contributed by atoms with van der Waals surface area (Å²) in [5.74, 6) is 1.42. The second-order valence-corrected chi connectivity index (χ2v) is 7.93. The number of nitriles is 1. The summed E-state index contributed by atoms with van der Waals surface area (Å²) in [5.41, 5.74) is 2.50. The van der Waals surface area contributed by atoms with Crippen LogP contribution in [0.1, 0.15) is 35.3 Å². The maximum Gasteiger partial charge on any atom is 0.256 e. The molecule has 0 atom stereocenters. The molecule has 0 bridgehead atoms. The lowest BCUT2D eigenvalue weighted by atomic mass is 10.1. The fourth-order valence-electron chi connectivity index (χ4n) is 3.33. The molecule has 32 heavy (non-hydrogen) atoms. The summed E-state index contributed by atoms with van der Waals surface area (Å²) < 4.78 is 7.21. The number of para-hydroxylation sites is 1. The molecule has 1 N–H and O–H groups in total. The Morgan fingerprint density at radius 2 is 2.00 bits per heavy atom. The number of hydrogen-bond donors (Lipinski definition) is 1. The molecule has 7 nitrogen and oxygen atoms in total. The lowest BCUT2D eigenvalue weighted by molar-refractivity contribution is 0.102. The molecular weight excluding hydrogens is 402 g/mol. The number of amides is 1. The first-order valence-corrected chi connectivity index (χ1v) is 10.4. The van der Waals surface area contributed by atoms with Crippen LogP contribution in [0.5, 0.6) is 5.75 Å². The third-order valence-corrected chi connectivity index (χ3v) is 4.93. The van der Waals surface area contributed by atoms with E-state index < -0.39 is 0 Å². The monoisotopic (exact) mass is 425 g/mol. The number of nitrogens with zero attached hydrogens (tertiary/aromatic N) is 4. The first kappa shape index (κ1) is 21.1. The van der Waals surface area contributed by atoms with Crippen molar-refractivity contribution in [3.05, 3.63) is 77.5 Å². The largest absolute Gasteiger partial charge is 0.493 e. The number of carbonyl (C=O) groups is 1. The van der Waals surface area contributed by atoms with Gasteiger partial charge in [-0.25, -0.2) is 4.98 Å². The predicted octanol–water partition coefficient (Wildman–Crippen LogP) is 4.89. The van der Waals surface area contributed by atoms with Gasteiger partial charge in [-0.1, -0.05) is 38.1 Å². The average Bonchev–Trinajstić information content (AvgIpc) is 3.20. The summed E-state index contributed by atoms with van der Waals surface area (Å²) in [5, 5.41) is 17.7. The van der Waals surface area contributed by atoms with Crippen LogP contribution in [-0.4, -0.2) is 27.3 Å². The van der Waals surface area contributed by atoms with Crippen molar-refractivity contribution in [2.45, 2.75) is 20.8 Å². The van der Waals surface area contributed by atoms with Crippen LogP contribution in [0, 0.1) is 24.2 Å². The van der Waals surface area contributed by atoms with Crippen LogP contribution >= 0.6 is 0 Å². The fraction of sp³-hybridized carbons (Fsp3) is 0.200. The molecule has 4 rings (SSSR count). The van der Waals surface area contributed by atoms with Gasteiger partial charge in [-0.2, -0.15) is 15.0 Å². The van der Waals surface area contributed by atoms with E-state index in [1.807, 2.05) is 43.3 Å². The van der Waals surface area contributed by atoms with Gasteiger partial charge in [0.05, 0.1) is 18.3 Å². The van der Waals surface area contributed by atoms with E-state index in [0.29, 0.717) is 29.7 Å². The SMILES string of the molecule is Cc1cc(-n2ncc(C#N)c2NC(=O)c2cccc(OCC(C)C)c2)nc2ccccc12. The summed E-state index contributed by atoms with van der Waals surface area (Å²) in [6.07, 6.45) is 1.42. The minimum atomic E-state index is -0.365. The Kier molecular flexibility index (Phi) is 5.86. The quantitative estimate of drug-likeness (QED) is 0.475. The standard InChI is InChI=1S/C25H23N5O2/c1-16(2)15-32-20-8-6-7-18(12-20)25(31)29-24-19(13-26)14-27-30(24)23-11-17(3)21-9-4-5-10-22(21)28-23/h4-12,14,16H,15H2,1-3H3,(H,29,31). The molecule has 0 aliphatic rings. The zero-order valence-electron chi connectivity index (χ0n) is 18.2. The zero-order valence-corrected chi connectivity index (χ0v) is 18.2. The molecule has 4 aromatic rings. The lowest BCUT2D eigenvalue weighted by Crippen LogP contribution is -2.17. The highest BCUT2D eigenvalue weighted by Gasteiger charge is 2.18. The number of benzene rings is 2. The second kappa shape index (κ2) is 8.90. The molecular formula is C25H23N5O2. The molecule has 2 aromatic heterocycles. The Labute approximate surface area is 186 Å². The smallest absolute Gasteiger partial charge is 0.256 e. The average molecular weight is 425 g/mol. The summed E-state index contributed by atoms with van der Waals surface area (Å²) >= 11 is 0. The van der Waals surface area contributed by atoms with Crippen LogP contribution in [0.15, 0.2) is 60.8 Å². The molecule has 0 unspecified atom stereocenters. The first-order chi connectivity index (χ1) is 15.5. The summed E-state index contributed by atoms with van der Waals surface area (Å²) in [6, 6.07) is 18.7. The summed E-state index contributed by atoms with van der Waals surface area (Å²) in [4.78, 5) is 17.7. The van der Waals surface area contributed by atoms with Gasteiger partial charge in [-0.3, -0.25) is 4.79 Å². The second-order valence-electron chi connectivity index (χ2n) is 7.93. The van der Waals surface area contributed by atoms with Crippen molar-refractivity contribution >= 4 is 22.6 Å². The highest BCUT2D eigenvalue weighted by Crippen LogP contribution is 2.24. The number of anilines is 1. The third-order valence-electron chi connectivity index (χ3n) is 4.93. The van der Waals surface area contributed by atoms with Crippen LogP contribution in [0.4, 0.5) is 5.82 Å². The van der Waals surface area contributed by atoms with E-state index in [1.54, 1.807) is 18.2 Å². The number of pyridine rings is 1. The van der Waals surface area contributed by atoms with E-state index in [2.05, 4.69) is 35.3 Å². The lowest BCUT2D eigenvalue weighted by Gasteiger charge is -2.12. The number of ether oxygens (including phenoxy) is 1. The summed E-state index contributed by atoms with van der Waals surface area (Å²) in [6.45, 7) is 6.67. The number of aryl methyl sites for hydroxylation is 1. The number of carbonyl (C=O) groups excluding carboxylic acids is 1. The van der Waals surface area contributed by atoms with Crippen molar-refractivity contribution in [2.24, 2.45) is 5.92 Å².